The zero-order valence-electron chi connectivity index (χ0n) is 24.6. The molecule has 0 fully saturated rings. The minimum Gasteiger partial charge on any atom is -0.458 e. The van der Waals surface area contributed by atoms with Crippen LogP contribution in [0.5, 0.6) is 23.1 Å². The van der Waals surface area contributed by atoms with Crippen molar-refractivity contribution in [3.05, 3.63) is 152 Å². The van der Waals surface area contributed by atoms with Gasteiger partial charge in [0.05, 0.1) is 0 Å². The summed E-state index contributed by atoms with van der Waals surface area (Å²) in [7, 11) is 0. The van der Waals surface area contributed by atoms with Crippen LogP contribution in [0.25, 0.3) is 26.0 Å². The van der Waals surface area contributed by atoms with Crippen molar-refractivity contribution < 1.29 is 9.47 Å². The Morgan fingerprint density at radius 1 is 0.543 bits per heavy atom. The second kappa shape index (κ2) is 9.89. The van der Waals surface area contributed by atoms with E-state index in [0.29, 0.717) is 0 Å². The molecular formula is C40H25BN2O2S. The summed E-state index contributed by atoms with van der Waals surface area (Å²) in [6, 6.07) is 53.1. The molecule has 2 aliphatic rings. The van der Waals surface area contributed by atoms with Crippen LogP contribution in [0, 0.1) is 0 Å². The fraction of sp³-hybridized carbons (Fsp3) is 0. The maximum absolute atomic E-state index is 6.88. The minimum atomic E-state index is -0.0554. The van der Waals surface area contributed by atoms with Crippen molar-refractivity contribution in [2.75, 3.05) is 4.90 Å². The lowest BCUT2D eigenvalue weighted by atomic mass is 9.35. The van der Waals surface area contributed by atoms with Crippen molar-refractivity contribution in [1.29, 1.82) is 0 Å². The first-order valence-electron chi connectivity index (χ1n) is 15.5. The minimum absolute atomic E-state index is 0.0554. The molecule has 6 heteroatoms. The van der Waals surface area contributed by atoms with Crippen LogP contribution < -0.4 is 30.8 Å². The molecule has 0 saturated carbocycles. The summed E-state index contributed by atoms with van der Waals surface area (Å²) in [4.78, 5) is 3.47. The van der Waals surface area contributed by atoms with Crippen molar-refractivity contribution in [3.63, 3.8) is 0 Å². The second-order valence-electron chi connectivity index (χ2n) is 11.7. The van der Waals surface area contributed by atoms with Gasteiger partial charge in [0.25, 0.3) is 6.71 Å². The van der Waals surface area contributed by atoms with E-state index in [1.807, 2.05) is 17.4 Å². The van der Waals surface area contributed by atoms with Crippen molar-refractivity contribution in [3.8, 4) is 28.8 Å². The number of hydrogen-bond donors (Lipinski definition) is 0. The molecule has 2 aromatic heterocycles. The molecule has 0 aliphatic carbocycles. The van der Waals surface area contributed by atoms with E-state index in [1.165, 1.54) is 25.8 Å². The number of nitrogens with zero attached hydrogens (tertiary/aromatic N) is 2. The van der Waals surface area contributed by atoms with Gasteiger partial charge < -0.3 is 14.4 Å². The van der Waals surface area contributed by atoms with Crippen LogP contribution in [0.3, 0.4) is 0 Å². The Morgan fingerprint density at radius 2 is 1.20 bits per heavy atom. The largest absolute Gasteiger partial charge is 0.458 e. The van der Waals surface area contributed by atoms with Gasteiger partial charge >= 0.3 is 0 Å². The Balaban J connectivity index is 1.24. The molecule has 0 N–H and O–H groups in total. The zero-order valence-corrected chi connectivity index (χ0v) is 25.4. The summed E-state index contributed by atoms with van der Waals surface area (Å²) < 4.78 is 17.2. The topological polar surface area (TPSA) is 26.6 Å². The highest BCUT2D eigenvalue weighted by atomic mass is 32.1. The van der Waals surface area contributed by atoms with E-state index >= 15 is 0 Å². The zero-order chi connectivity index (χ0) is 30.2. The van der Waals surface area contributed by atoms with Crippen LogP contribution in [0.4, 0.5) is 17.1 Å². The average molecular weight is 609 g/mol. The van der Waals surface area contributed by atoms with Gasteiger partial charge in [0, 0.05) is 55.2 Å². The van der Waals surface area contributed by atoms with Crippen LogP contribution in [-0.4, -0.2) is 11.3 Å². The lowest BCUT2D eigenvalue weighted by Crippen LogP contribution is -2.57. The summed E-state index contributed by atoms with van der Waals surface area (Å²) >= 11 is 1.82. The summed E-state index contributed by atoms with van der Waals surface area (Å²) in [5.74, 6) is 3.41. The van der Waals surface area contributed by atoms with Gasteiger partial charge in [-0.1, -0.05) is 84.9 Å². The molecular weight excluding hydrogens is 583 g/mol. The van der Waals surface area contributed by atoms with E-state index in [1.54, 1.807) is 0 Å². The Hall–Kier alpha value is -5.72. The number of hydrogen-bond acceptors (Lipinski definition) is 4. The molecule has 10 rings (SSSR count). The molecule has 0 saturated heterocycles. The lowest BCUT2D eigenvalue weighted by Gasteiger charge is -2.33. The van der Waals surface area contributed by atoms with E-state index in [-0.39, 0.29) is 6.71 Å². The molecule has 4 nitrogen and oxygen atoms in total. The van der Waals surface area contributed by atoms with E-state index in [0.717, 1.165) is 56.8 Å². The number of rotatable bonds is 4. The van der Waals surface area contributed by atoms with Gasteiger partial charge in [0.15, 0.2) is 0 Å². The highest BCUT2D eigenvalue weighted by Crippen LogP contribution is 2.45. The molecule has 0 spiro atoms. The van der Waals surface area contributed by atoms with Gasteiger partial charge in [-0.25, -0.2) is 0 Å². The SMILES string of the molecule is c1ccc(N(c2ccccc2)c2ccc3c(c2)Oc2cccc4c2B3c2c(n(-c3ccccc3)c3sc5ccccc5c23)O4)cc1. The number of benzene rings is 6. The monoisotopic (exact) mass is 608 g/mol. The van der Waals surface area contributed by atoms with E-state index in [9.17, 15) is 0 Å². The summed E-state index contributed by atoms with van der Waals surface area (Å²) in [6.45, 7) is -0.0554. The Kier molecular flexibility index (Phi) is 5.51. The number of thiophene rings is 1. The molecule has 8 aromatic rings. The van der Waals surface area contributed by atoms with Crippen LogP contribution in [-0.2, 0) is 0 Å². The highest BCUT2D eigenvalue weighted by Gasteiger charge is 2.44. The third-order valence-corrected chi connectivity index (χ3v) is 10.3. The molecule has 6 aromatic carbocycles. The Morgan fingerprint density at radius 3 is 1.93 bits per heavy atom. The maximum atomic E-state index is 6.88. The van der Waals surface area contributed by atoms with Crippen molar-refractivity contribution in [2.24, 2.45) is 0 Å². The molecule has 2 aliphatic heterocycles. The van der Waals surface area contributed by atoms with Gasteiger partial charge in [-0.3, -0.25) is 4.57 Å². The molecule has 0 unspecified atom stereocenters. The predicted octanol–water partition coefficient (Wildman–Crippen LogP) is 9.04. The molecule has 4 heterocycles. The van der Waals surface area contributed by atoms with Crippen LogP contribution in [0.15, 0.2) is 152 Å². The number of fused-ring (bicyclic) bond motifs is 8. The van der Waals surface area contributed by atoms with Gasteiger partial charge in [0.2, 0.25) is 5.88 Å². The van der Waals surface area contributed by atoms with Gasteiger partial charge in [-0.05, 0) is 66.1 Å². The third kappa shape index (κ3) is 3.68. The fourth-order valence-electron chi connectivity index (χ4n) is 7.20. The smallest absolute Gasteiger partial charge is 0.263 e. The van der Waals surface area contributed by atoms with Crippen molar-refractivity contribution in [2.45, 2.75) is 0 Å². The molecule has 216 valence electrons. The van der Waals surface area contributed by atoms with Gasteiger partial charge in [0.1, 0.15) is 22.1 Å². The molecule has 0 bridgehead atoms. The first kappa shape index (κ1) is 25.6. The number of anilines is 3. The lowest BCUT2D eigenvalue weighted by molar-refractivity contribution is 0.448. The second-order valence-corrected chi connectivity index (χ2v) is 12.7. The first-order chi connectivity index (χ1) is 22.8. The predicted molar refractivity (Wildman–Crippen MR) is 191 cm³/mol. The van der Waals surface area contributed by atoms with Gasteiger partial charge in [-0.2, -0.15) is 0 Å². The molecule has 0 amide bonds. The number of ether oxygens (including phenoxy) is 2. The molecule has 0 atom stereocenters. The highest BCUT2D eigenvalue weighted by molar-refractivity contribution is 7.26. The normalized spacial score (nSPS) is 12.7. The van der Waals surface area contributed by atoms with E-state index in [4.69, 9.17) is 9.47 Å². The van der Waals surface area contributed by atoms with E-state index < -0.39 is 0 Å². The Labute approximate surface area is 270 Å². The fourth-order valence-corrected chi connectivity index (χ4v) is 8.44. The summed E-state index contributed by atoms with van der Waals surface area (Å²) in [5, 5.41) is 2.50. The summed E-state index contributed by atoms with van der Waals surface area (Å²) in [6.07, 6.45) is 0. The van der Waals surface area contributed by atoms with Crippen LogP contribution in [0.1, 0.15) is 0 Å². The average Bonchev–Trinajstić information content (AvgIpc) is 3.64. The third-order valence-electron chi connectivity index (χ3n) is 9.12. The van der Waals surface area contributed by atoms with Crippen LogP contribution >= 0.6 is 11.3 Å². The number of aromatic nitrogens is 1. The molecule has 0 radical (unpaired) electrons. The van der Waals surface area contributed by atoms with Crippen LogP contribution in [0.2, 0.25) is 0 Å². The van der Waals surface area contributed by atoms with Crippen molar-refractivity contribution in [1.82, 2.24) is 4.57 Å². The standard InChI is InChI=1S/C40H25BN2O2S/c1-4-13-26(14-5-1)42(27-15-6-2-7-16-27)29-23-24-31-34(25-29)44-32-20-12-21-33-37(32)41(31)38-36-30-19-10-11-22-35(30)46-40(36)43(39(38)45-33)28-17-8-3-9-18-28/h1-25H. The maximum Gasteiger partial charge on any atom is 0.263 e. The first-order valence-corrected chi connectivity index (χ1v) is 16.3. The van der Waals surface area contributed by atoms with E-state index in [2.05, 4.69) is 155 Å². The number of para-hydroxylation sites is 3. The van der Waals surface area contributed by atoms with Gasteiger partial charge in [-0.15, -0.1) is 11.3 Å². The van der Waals surface area contributed by atoms with Crippen molar-refractivity contribution >= 4 is 71.8 Å². The Bertz CT molecular complexity index is 2400. The molecule has 46 heavy (non-hydrogen) atoms. The summed E-state index contributed by atoms with van der Waals surface area (Å²) in [5.41, 5.74) is 7.72. The quantitative estimate of drug-likeness (QED) is 0.187.